The highest BCUT2D eigenvalue weighted by Crippen LogP contribution is 2.17. The maximum absolute atomic E-state index is 11.8. The zero-order valence-electron chi connectivity index (χ0n) is 13.2. The number of hydrogen-bond donors (Lipinski definition) is 0. The summed E-state index contributed by atoms with van der Waals surface area (Å²) in [6.45, 7) is 3.28. The first-order valence-electron chi connectivity index (χ1n) is 6.93. The van der Waals surface area contributed by atoms with E-state index < -0.39 is 23.5 Å². The van der Waals surface area contributed by atoms with Crippen LogP contribution in [0, 0.1) is 0 Å². The average molecular weight is 322 g/mol. The van der Waals surface area contributed by atoms with Gasteiger partial charge in [-0.2, -0.15) is 0 Å². The quantitative estimate of drug-likeness (QED) is 0.248. The van der Waals surface area contributed by atoms with Crippen LogP contribution in [-0.4, -0.2) is 38.2 Å². The van der Waals surface area contributed by atoms with Crippen molar-refractivity contribution >= 4 is 17.9 Å². The number of carbonyl (C=O) groups is 3. The zero-order valence-corrected chi connectivity index (χ0v) is 13.2. The molecule has 0 atom stereocenters. The van der Waals surface area contributed by atoms with Crippen LogP contribution < -0.4 is 9.47 Å². The molecule has 7 heteroatoms. The molecule has 7 nitrogen and oxygen atoms in total. The van der Waals surface area contributed by atoms with Crippen molar-refractivity contribution in [1.82, 2.24) is 0 Å². The van der Waals surface area contributed by atoms with Crippen molar-refractivity contribution in [3.05, 3.63) is 35.9 Å². The third-order valence-corrected chi connectivity index (χ3v) is 2.53. The number of carbonyl (C=O) groups excluding carboxylic acids is 3. The number of benzene rings is 1. The summed E-state index contributed by atoms with van der Waals surface area (Å²) >= 11 is 0. The smallest absolute Gasteiger partial charge is 0.345 e. The van der Waals surface area contributed by atoms with Crippen LogP contribution in [-0.2, 0) is 23.9 Å². The monoisotopic (exact) mass is 322 g/mol. The average Bonchev–Trinajstić information content (AvgIpc) is 2.53. The van der Waals surface area contributed by atoms with Crippen molar-refractivity contribution in [1.29, 1.82) is 0 Å². The molecule has 1 aromatic carbocycles. The van der Waals surface area contributed by atoms with Crippen molar-refractivity contribution in [2.24, 2.45) is 0 Å². The van der Waals surface area contributed by atoms with E-state index >= 15 is 0 Å². The van der Waals surface area contributed by atoms with Crippen LogP contribution in [0.25, 0.3) is 0 Å². The van der Waals surface area contributed by atoms with Crippen molar-refractivity contribution in [2.75, 3.05) is 20.3 Å². The molecular weight excluding hydrogens is 304 g/mol. The molecule has 23 heavy (non-hydrogen) atoms. The maximum Gasteiger partial charge on any atom is 0.345 e. The van der Waals surface area contributed by atoms with Gasteiger partial charge in [-0.3, -0.25) is 0 Å². The summed E-state index contributed by atoms with van der Waals surface area (Å²) in [4.78, 5) is 35.3. The summed E-state index contributed by atoms with van der Waals surface area (Å²) in [6, 6.07) is 6.23. The molecule has 0 amide bonds. The number of rotatable bonds is 7. The normalized spacial score (nSPS) is 9.52. The molecule has 0 heterocycles. The second kappa shape index (κ2) is 9.24. The molecular formula is C16H18O7. The van der Waals surface area contributed by atoms with Gasteiger partial charge in [-0.15, -0.1) is 0 Å². The highest BCUT2D eigenvalue weighted by Gasteiger charge is 2.23. The summed E-state index contributed by atoms with van der Waals surface area (Å²) in [5.74, 6) is -1.96. The third kappa shape index (κ3) is 5.82. The lowest BCUT2D eigenvalue weighted by Crippen LogP contribution is -2.20. The van der Waals surface area contributed by atoms with Gasteiger partial charge in [-0.1, -0.05) is 0 Å². The van der Waals surface area contributed by atoms with Gasteiger partial charge in [-0.05, 0) is 38.1 Å². The maximum atomic E-state index is 11.8. The Hall–Kier alpha value is -2.83. The fraction of sp³-hybridized carbons (Fsp3) is 0.312. The van der Waals surface area contributed by atoms with Crippen LogP contribution in [0.4, 0.5) is 0 Å². The number of methoxy groups -OCH3 is 1. The van der Waals surface area contributed by atoms with E-state index in [4.69, 9.17) is 18.9 Å². The first-order chi connectivity index (χ1) is 11.0. The van der Waals surface area contributed by atoms with Gasteiger partial charge in [0, 0.05) is 6.08 Å². The highest BCUT2D eigenvalue weighted by atomic mass is 16.6. The minimum Gasteiger partial charge on any atom is -0.497 e. The molecule has 1 rings (SSSR count). The molecule has 0 spiro atoms. The molecule has 0 unspecified atom stereocenters. The molecule has 1 aromatic rings. The first kappa shape index (κ1) is 18.2. The Morgan fingerprint density at radius 3 is 1.83 bits per heavy atom. The lowest BCUT2D eigenvalue weighted by atomic mass is 10.2. The second-order valence-electron chi connectivity index (χ2n) is 4.10. The van der Waals surface area contributed by atoms with Crippen LogP contribution in [0.3, 0.4) is 0 Å². The number of hydrogen-bond acceptors (Lipinski definition) is 7. The van der Waals surface area contributed by atoms with E-state index in [9.17, 15) is 14.4 Å². The van der Waals surface area contributed by atoms with Gasteiger partial charge in [-0.25, -0.2) is 14.4 Å². The van der Waals surface area contributed by atoms with E-state index in [1.54, 1.807) is 26.0 Å². The van der Waals surface area contributed by atoms with Crippen molar-refractivity contribution < 1.29 is 33.3 Å². The van der Waals surface area contributed by atoms with E-state index in [2.05, 4.69) is 0 Å². The summed E-state index contributed by atoms with van der Waals surface area (Å²) in [5.41, 5.74) is -0.521. The topological polar surface area (TPSA) is 88.1 Å². The van der Waals surface area contributed by atoms with Crippen LogP contribution in [0.2, 0.25) is 0 Å². The van der Waals surface area contributed by atoms with Crippen molar-refractivity contribution in [3.63, 3.8) is 0 Å². The molecule has 0 fully saturated rings. The molecule has 0 bridgehead atoms. The number of ether oxygens (including phenoxy) is 4. The third-order valence-electron chi connectivity index (χ3n) is 2.53. The minimum atomic E-state index is -0.947. The lowest BCUT2D eigenvalue weighted by Gasteiger charge is -2.07. The Kier molecular flexibility index (Phi) is 7.32. The Bertz CT molecular complexity index is 567. The van der Waals surface area contributed by atoms with Gasteiger partial charge < -0.3 is 18.9 Å². The molecule has 0 N–H and O–H groups in total. The zero-order chi connectivity index (χ0) is 17.2. The fourth-order valence-corrected chi connectivity index (χ4v) is 1.53. The molecule has 0 saturated heterocycles. The van der Waals surface area contributed by atoms with E-state index in [1.807, 2.05) is 0 Å². The molecule has 0 aliphatic heterocycles. The van der Waals surface area contributed by atoms with Gasteiger partial charge in [0.05, 0.1) is 20.3 Å². The van der Waals surface area contributed by atoms with E-state index in [0.29, 0.717) is 5.75 Å². The fourth-order valence-electron chi connectivity index (χ4n) is 1.53. The largest absolute Gasteiger partial charge is 0.497 e. The molecule has 0 saturated carbocycles. The predicted molar refractivity (Wildman–Crippen MR) is 80.0 cm³/mol. The lowest BCUT2D eigenvalue weighted by molar-refractivity contribution is -0.147. The highest BCUT2D eigenvalue weighted by molar-refractivity contribution is 6.17. The second-order valence-corrected chi connectivity index (χ2v) is 4.10. The molecule has 0 aromatic heterocycles. The molecule has 0 radical (unpaired) electrons. The van der Waals surface area contributed by atoms with Crippen LogP contribution >= 0.6 is 0 Å². The van der Waals surface area contributed by atoms with Crippen LogP contribution in [0.1, 0.15) is 13.8 Å². The number of esters is 3. The van der Waals surface area contributed by atoms with Gasteiger partial charge >= 0.3 is 17.9 Å². The van der Waals surface area contributed by atoms with Crippen LogP contribution in [0.15, 0.2) is 35.9 Å². The molecule has 124 valence electrons. The van der Waals surface area contributed by atoms with E-state index in [1.165, 1.54) is 19.2 Å². The van der Waals surface area contributed by atoms with Crippen molar-refractivity contribution in [2.45, 2.75) is 13.8 Å². The van der Waals surface area contributed by atoms with Gasteiger partial charge in [0.2, 0.25) is 0 Å². The minimum absolute atomic E-state index is 0.0586. The van der Waals surface area contributed by atoms with Gasteiger partial charge in [0.15, 0.2) is 5.57 Å². The SMILES string of the molecule is CCOC(=O)C(=CC(=O)Oc1ccc(OC)cc1)C(=O)OCC. The Labute approximate surface area is 133 Å². The van der Waals surface area contributed by atoms with E-state index in [0.717, 1.165) is 6.08 Å². The standard InChI is InChI=1S/C16H18O7/c1-4-21-15(18)13(16(19)22-5-2)10-14(17)23-12-8-6-11(20-3)7-9-12/h6-10H,4-5H2,1-3H3. The summed E-state index contributed by atoms with van der Waals surface area (Å²) in [6.07, 6.45) is 0.750. The molecule has 0 aliphatic rings. The Morgan fingerprint density at radius 2 is 1.39 bits per heavy atom. The van der Waals surface area contributed by atoms with Crippen molar-refractivity contribution in [3.8, 4) is 11.5 Å². The van der Waals surface area contributed by atoms with E-state index in [-0.39, 0.29) is 19.0 Å². The summed E-state index contributed by atoms with van der Waals surface area (Å²) in [7, 11) is 1.51. The summed E-state index contributed by atoms with van der Waals surface area (Å²) < 4.78 is 19.4. The first-order valence-corrected chi connectivity index (χ1v) is 6.93. The van der Waals surface area contributed by atoms with Crippen LogP contribution in [0.5, 0.6) is 11.5 Å². The summed E-state index contributed by atoms with van der Waals surface area (Å²) in [5, 5.41) is 0. The van der Waals surface area contributed by atoms with Gasteiger partial charge in [0.1, 0.15) is 11.5 Å². The predicted octanol–water partition coefficient (Wildman–Crippen LogP) is 1.65. The Balaban J connectivity index is 2.88. The molecule has 0 aliphatic carbocycles. The van der Waals surface area contributed by atoms with Gasteiger partial charge in [0.25, 0.3) is 0 Å². The Morgan fingerprint density at radius 1 is 0.913 bits per heavy atom.